The molecule has 0 spiro atoms. The van der Waals surface area contributed by atoms with Crippen LogP contribution < -0.4 is 0 Å². The Bertz CT molecular complexity index is 687. The molecule has 0 atom stereocenters. The molecule has 0 unspecified atom stereocenters. The van der Waals surface area contributed by atoms with Crippen LogP contribution in [0.2, 0.25) is 10.0 Å². The Morgan fingerprint density at radius 1 is 0.947 bits per heavy atom. The van der Waals surface area contributed by atoms with Gasteiger partial charge in [-0.05, 0) is 30.3 Å². The van der Waals surface area contributed by atoms with E-state index in [0.717, 1.165) is 10.5 Å². The third-order valence-electron chi connectivity index (χ3n) is 2.85. The predicted octanol–water partition coefficient (Wildman–Crippen LogP) is 5.32. The fourth-order valence-corrected chi connectivity index (χ4v) is 3.46. The van der Waals surface area contributed by atoms with Gasteiger partial charge in [0.15, 0.2) is 0 Å². The number of ketones is 1. The second kappa shape index (κ2) is 5.04. The van der Waals surface area contributed by atoms with Gasteiger partial charge in [-0.3, -0.25) is 4.79 Å². The highest BCUT2D eigenvalue weighted by molar-refractivity contribution is 8.04. The fourth-order valence-electron chi connectivity index (χ4n) is 1.92. The van der Waals surface area contributed by atoms with Crippen molar-refractivity contribution in [2.45, 2.75) is 4.90 Å². The number of halogens is 2. The summed E-state index contributed by atoms with van der Waals surface area (Å²) in [4.78, 5) is 13.9. The summed E-state index contributed by atoms with van der Waals surface area (Å²) in [7, 11) is 0. The molecule has 0 amide bonds. The lowest BCUT2D eigenvalue weighted by molar-refractivity contribution is 0.104. The number of carbonyl (C=O) groups excluding carboxylic acids is 1. The zero-order valence-corrected chi connectivity index (χ0v) is 12.0. The smallest absolute Gasteiger partial charge is 0.200 e. The number of thioether (sulfide) groups is 1. The van der Waals surface area contributed by atoms with Crippen molar-refractivity contribution in [3.63, 3.8) is 0 Å². The van der Waals surface area contributed by atoms with Crippen molar-refractivity contribution < 1.29 is 4.79 Å². The minimum absolute atomic E-state index is 0.0246. The summed E-state index contributed by atoms with van der Waals surface area (Å²) in [6, 6.07) is 12.9. The number of Topliss-reactive ketones (excluding diaryl/α,β-unsaturated/α-hetero) is 1. The zero-order valence-electron chi connectivity index (χ0n) is 9.69. The molecule has 2 aromatic rings. The molecule has 4 heteroatoms. The molecule has 1 nitrogen and oxygen atoms in total. The molecule has 0 saturated carbocycles. The standard InChI is InChI=1S/C15H8Cl2OS/c16-11-5-3-6-12(17)10(11)8-14-15(18)9-4-1-2-7-13(9)19-14/h1-8H/b14-8-. The highest BCUT2D eigenvalue weighted by Crippen LogP contribution is 2.41. The average molecular weight is 307 g/mol. The van der Waals surface area contributed by atoms with Crippen molar-refractivity contribution in [3.05, 3.63) is 68.5 Å². The third-order valence-corrected chi connectivity index (χ3v) is 4.61. The Balaban J connectivity index is 2.06. The van der Waals surface area contributed by atoms with Crippen LogP contribution in [0.3, 0.4) is 0 Å². The van der Waals surface area contributed by atoms with Crippen LogP contribution in [0.4, 0.5) is 0 Å². The molecule has 19 heavy (non-hydrogen) atoms. The maximum atomic E-state index is 12.2. The van der Waals surface area contributed by atoms with Crippen molar-refractivity contribution >= 4 is 46.8 Å². The fraction of sp³-hybridized carbons (Fsp3) is 0. The van der Waals surface area contributed by atoms with E-state index < -0.39 is 0 Å². The van der Waals surface area contributed by atoms with Gasteiger partial charge in [-0.1, -0.05) is 53.2 Å². The Hall–Kier alpha value is -1.22. The van der Waals surface area contributed by atoms with Crippen LogP contribution in [0, 0.1) is 0 Å². The normalized spacial score (nSPS) is 15.9. The van der Waals surface area contributed by atoms with Crippen LogP contribution >= 0.6 is 35.0 Å². The molecule has 1 aliphatic rings. The van der Waals surface area contributed by atoms with E-state index >= 15 is 0 Å². The van der Waals surface area contributed by atoms with Crippen molar-refractivity contribution in [2.75, 3.05) is 0 Å². The van der Waals surface area contributed by atoms with Crippen LogP contribution in [0.5, 0.6) is 0 Å². The number of hydrogen-bond donors (Lipinski definition) is 0. The van der Waals surface area contributed by atoms with E-state index in [1.807, 2.05) is 24.3 Å². The third kappa shape index (κ3) is 2.32. The number of allylic oxidation sites excluding steroid dienone is 1. The Morgan fingerprint density at radius 3 is 2.32 bits per heavy atom. The van der Waals surface area contributed by atoms with E-state index in [1.54, 1.807) is 24.3 Å². The van der Waals surface area contributed by atoms with Crippen LogP contribution in [-0.4, -0.2) is 5.78 Å². The lowest BCUT2D eigenvalue weighted by Crippen LogP contribution is -1.93. The Labute approximate surface area is 125 Å². The first kappa shape index (κ1) is 12.8. The average Bonchev–Trinajstić information content (AvgIpc) is 2.72. The summed E-state index contributed by atoms with van der Waals surface area (Å²) >= 11 is 13.7. The first-order valence-corrected chi connectivity index (χ1v) is 7.21. The predicted molar refractivity (Wildman–Crippen MR) is 81.1 cm³/mol. The summed E-state index contributed by atoms with van der Waals surface area (Å²) < 4.78 is 0. The summed E-state index contributed by atoms with van der Waals surface area (Å²) in [5, 5.41) is 1.09. The van der Waals surface area contributed by atoms with Gasteiger partial charge in [0.2, 0.25) is 5.78 Å². The largest absolute Gasteiger partial charge is 0.288 e. The molecule has 0 bridgehead atoms. The second-order valence-electron chi connectivity index (χ2n) is 4.07. The van der Waals surface area contributed by atoms with Gasteiger partial charge >= 0.3 is 0 Å². The van der Waals surface area contributed by atoms with E-state index in [4.69, 9.17) is 23.2 Å². The molecule has 0 fully saturated rings. The van der Waals surface area contributed by atoms with Crippen LogP contribution in [0.15, 0.2) is 52.3 Å². The number of carbonyl (C=O) groups is 1. The van der Waals surface area contributed by atoms with Crippen molar-refractivity contribution in [3.8, 4) is 0 Å². The minimum atomic E-state index is 0.0246. The van der Waals surface area contributed by atoms with Gasteiger partial charge in [-0.2, -0.15) is 0 Å². The summed E-state index contributed by atoms with van der Waals surface area (Å²) in [5.74, 6) is 0.0246. The maximum absolute atomic E-state index is 12.2. The molecule has 0 aromatic heterocycles. The van der Waals surface area contributed by atoms with Crippen molar-refractivity contribution in [2.24, 2.45) is 0 Å². The Morgan fingerprint density at radius 2 is 1.63 bits per heavy atom. The number of fused-ring (bicyclic) bond motifs is 1. The van der Waals surface area contributed by atoms with E-state index in [-0.39, 0.29) is 5.78 Å². The van der Waals surface area contributed by atoms with Crippen LogP contribution in [0.25, 0.3) is 6.08 Å². The first-order chi connectivity index (χ1) is 9.16. The van der Waals surface area contributed by atoms with Gasteiger partial charge < -0.3 is 0 Å². The minimum Gasteiger partial charge on any atom is -0.288 e. The first-order valence-electron chi connectivity index (χ1n) is 5.64. The zero-order chi connectivity index (χ0) is 13.4. The number of hydrogen-bond acceptors (Lipinski definition) is 2. The Kier molecular flexibility index (Phi) is 3.40. The summed E-state index contributed by atoms with van der Waals surface area (Å²) in [6.45, 7) is 0. The summed E-state index contributed by atoms with van der Waals surface area (Å²) in [5.41, 5.74) is 1.43. The lowest BCUT2D eigenvalue weighted by atomic mass is 10.1. The van der Waals surface area contributed by atoms with Crippen LogP contribution in [0.1, 0.15) is 15.9 Å². The quantitative estimate of drug-likeness (QED) is 0.663. The van der Waals surface area contributed by atoms with Gasteiger partial charge in [-0.25, -0.2) is 0 Å². The topological polar surface area (TPSA) is 17.1 Å². The molecule has 0 saturated heterocycles. The van der Waals surface area contributed by atoms with E-state index in [1.165, 1.54) is 11.8 Å². The second-order valence-corrected chi connectivity index (χ2v) is 5.97. The molecule has 0 N–H and O–H groups in total. The molecule has 2 aromatic carbocycles. The van der Waals surface area contributed by atoms with E-state index in [0.29, 0.717) is 20.5 Å². The molecule has 1 heterocycles. The SMILES string of the molecule is O=C1/C(=C/c2c(Cl)cccc2Cl)Sc2ccccc21. The lowest BCUT2D eigenvalue weighted by Gasteiger charge is -2.02. The van der Waals surface area contributed by atoms with Gasteiger partial charge in [0.25, 0.3) is 0 Å². The van der Waals surface area contributed by atoms with Gasteiger partial charge in [0.1, 0.15) is 0 Å². The highest BCUT2D eigenvalue weighted by atomic mass is 35.5. The van der Waals surface area contributed by atoms with Crippen LogP contribution in [-0.2, 0) is 0 Å². The molecular weight excluding hydrogens is 299 g/mol. The molecule has 3 rings (SSSR count). The highest BCUT2D eigenvalue weighted by Gasteiger charge is 2.25. The molecule has 1 aliphatic heterocycles. The monoisotopic (exact) mass is 306 g/mol. The molecule has 0 aliphatic carbocycles. The van der Waals surface area contributed by atoms with Crippen molar-refractivity contribution in [1.82, 2.24) is 0 Å². The van der Waals surface area contributed by atoms with E-state index in [2.05, 4.69) is 0 Å². The van der Waals surface area contributed by atoms with Crippen molar-refractivity contribution in [1.29, 1.82) is 0 Å². The molecule has 0 radical (unpaired) electrons. The molecule has 94 valence electrons. The number of rotatable bonds is 1. The number of benzene rings is 2. The van der Waals surface area contributed by atoms with Gasteiger partial charge in [0, 0.05) is 26.1 Å². The van der Waals surface area contributed by atoms with Gasteiger partial charge in [-0.15, -0.1) is 0 Å². The summed E-state index contributed by atoms with van der Waals surface area (Å²) in [6.07, 6.45) is 1.76. The van der Waals surface area contributed by atoms with Gasteiger partial charge in [0.05, 0.1) is 4.91 Å². The van der Waals surface area contributed by atoms with E-state index in [9.17, 15) is 4.79 Å². The molecular formula is C15H8Cl2OS. The maximum Gasteiger partial charge on any atom is 0.200 e.